The summed E-state index contributed by atoms with van der Waals surface area (Å²) in [5.41, 5.74) is 0. The van der Waals surface area contributed by atoms with Crippen LogP contribution in [-0.4, -0.2) is 59.3 Å². The van der Waals surface area contributed by atoms with Gasteiger partial charge in [0.05, 0.1) is 12.7 Å². The molecule has 20 heavy (non-hydrogen) atoms. The van der Waals surface area contributed by atoms with Crippen molar-refractivity contribution >= 4 is 5.97 Å². The minimum absolute atomic E-state index is 0.134. The molecule has 0 aromatic carbocycles. The second kappa shape index (κ2) is 5.57. The summed E-state index contributed by atoms with van der Waals surface area (Å²) in [6, 6.07) is 0. The summed E-state index contributed by atoms with van der Waals surface area (Å²) in [5.74, 6) is -1.82. The van der Waals surface area contributed by atoms with Gasteiger partial charge in [0.2, 0.25) is 0 Å². The molecule has 0 bridgehead atoms. The van der Waals surface area contributed by atoms with Crippen molar-refractivity contribution in [2.75, 3.05) is 6.61 Å². The van der Waals surface area contributed by atoms with E-state index in [4.69, 9.17) is 14.2 Å². The Morgan fingerprint density at radius 3 is 2.55 bits per heavy atom. The Morgan fingerprint density at radius 1 is 1.35 bits per heavy atom. The van der Waals surface area contributed by atoms with Crippen LogP contribution in [0.15, 0.2) is 0 Å². The molecule has 116 valence electrons. The minimum atomic E-state index is -1.64. The van der Waals surface area contributed by atoms with Crippen LogP contribution in [0.5, 0.6) is 0 Å². The number of hydrogen-bond acceptors (Lipinski definition) is 7. The average molecular weight is 290 g/mol. The number of aliphatic hydroxyl groups is 2. The van der Waals surface area contributed by atoms with Crippen LogP contribution in [0.1, 0.15) is 27.7 Å². The highest BCUT2D eigenvalue weighted by atomic mass is 16.8. The molecule has 2 rings (SSSR count). The van der Waals surface area contributed by atoms with Crippen molar-refractivity contribution in [3.63, 3.8) is 0 Å². The van der Waals surface area contributed by atoms with E-state index in [-0.39, 0.29) is 18.6 Å². The molecule has 6 atom stereocenters. The van der Waals surface area contributed by atoms with Crippen LogP contribution in [0.25, 0.3) is 0 Å². The summed E-state index contributed by atoms with van der Waals surface area (Å²) in [4.78, 5) is 11.4. The number of esters is 1. The zero-order chi connectivity index (χ0) is 15.1. The molecule has 2 N–H and O–H groups in total. The van der Waals surface area contributed by atoms with E-state index in [1.165, 1.54) is 0 Å². The van der Waals surface area contributed by atoms with Gasteiger partial charge in [-0.25, -0.2) is 4.79 Å². The number of fused-ring (bicyclic) bond motifs is 1. The number of rotatable bonds is 4. The average Bonchev–Trinajstić information content (AvgIpc) is 2.82. The molecule has 0 aromatic heterocycles. The van der Waals surface area contributed by atoms with Gasteiger partial charge < -0.3 is 29.2 Å². The van der Waals surface area contributed by atoms with E-state index in [1.807, 2.05) is 6.92 Å². The van der Waals surface area contributed by atoms with Gasteiger partial charge in [-0.3, -0.25) is 0 Å². The fraction of sp³-hybridized carbons (Fsp3) is 0.923. The van der Waals surface area contributed by atoms with Crippen molar-refractivity contribution in [1.82, 2.24) is 0 Å². The molecule has 0 aliphatic carbocycles. The van der Waals surface area contributed by atoms with Gasteiger partial charge in [0.15, 0.2) is 18.2 Å². The Morgan fingerprint density at radius 2 is 2.00 bits per heavy atom. The Labute approximate surface area is 117 Å². The van der Waals surface area contributed by atoms with Gasteiger partial charge in [0, 0.05) is 5.92 Å². The lowest BCUT2D eigenvalue weighted by Crippen LogP contribution is -2.46. The molecule has 0 saturated carbocycles. The zero-order valence-corrected chi connectivity index (χ0v) is 12.1. The van der Waals surface area contributed by atoms with Crippen LogP contribution in [0.2, 0.25) is 0 Å². The molecule has 2 saturated heterocycles. The first-order valence-electron chi connectivity index (χ1n) is 6.80. The van der Waals surface area contributed by atoms with Crippen molar-refractivity contribution in [3.8, 4) is 0 Å². The predicted molar refractivity (Wildman–Crippen MR) is 66.5 cm³/mol. The molecule has 0 amide bonds. The first-order valence-corrected chi connectivity index (χ1v) is 6.80. The number of aliphatic hydroxyl groups excluding tert-OH is 2. The molecular formula is C13H22O7. The van der Waals surface area contributed by atoms with Crippen molar-refractivity contribution in [2.24, 2.45) is 5.92 Å². The van der Waals surface area contributed by atoms with E-state index in [0.29, 0.717) is 0 Å². The standard InChI is InChI=1S/C13H22O7/c1-5-17-11(16)8(15)7(14)9-6(2)10-12(18-9)20-13(3,4)19-10/h6-10,12,14-15H,5H2,1-4H3/t6-,7-,8-,9+,10-,12-/m1/s1. The highest BCUT2D eigenvalue weighted by molar-refractivity contribution is 5.75. The van der Waals surface area contributed by atoms with Crippen molar-refractivity contribution in [2.45, 2.75) is 64.2 Å². The lowest BCUT2D eigenvalue weighted by molar-refractivity contribution is -0.226. The predicted octanol–water partition coefficient (Wildman–Crippen LogP) is -0.216. The Kier molecular flexibility index (Phi) is 4.36. The van der Waals surface area contributed by atoms with Gasteiger partial charge in [-0.15, -0.1) is 0 Å². The third kappa shape index (κ3) is 2.82. The van der Waals surface area contributed by atoms with Gasteiger partial charge in [-0.05, 0) is 20.8 Å². The second-order valence-corrected chi connectivity index (χ2v) is 5.62. The lowest BCUT2D eigenvalue weighted by Gasteiger charge is -2.28. The van der Waals surface area contributed by atoms with Gasteiger partial charge in [-0.2, -0.15) is 0 Å². The van der Waals surface area contributed by atoms with Crippen molar-refractivity contribution in [1.29, 1.82) is 0 Å². The maximum atomic E-state index is 11.4. The monoisotopic (exact) mass is 290 g/mol. The molecule has 0 spiro atoms. The third-order valence-corrected chi connectivity index (χ3v) is 3.60. The van der Waals surface area contributed by atoms with Crippen molar-refractivity contribution < 1.29 is 34.0 Å². The minimum Gasteiger partial charge on any atom is -0.464 e. The maximum absolute atomic E-state index is 11.4. The SMILES string of the molecule is CCOC(=O)[C@H](O)[C@@H](O)[C@H]1O[C@@H]2OC(C)(C)O[C@@H]2[C@@H]1C. The largest absolute Gasteiger partial charge is 0.464 e. The summed E-state index contributed by atoms with van der Waals surface area (Å²) >= 11 is 0. The van der Waals surface area contributed by atoms with Crippen LogP contribution >= 0.6 is 0 Å². The van der Waals surface area contributed by atoms with Gasteiger partial charge in [0.25, 0.3) is 0 Å². The molecular weight excluding hydrogens is 268 g/mol. The molecule has 7 heteroatoms. The number of hydrogen-bond donors (Lipinski definition) is 2. The first kappa shape index (κ1) is 15.7. The van der Waals surface area contributed by atoms with Crippen LogP contribution < -0.4 is 0 Å². The molecule has 0 radical (unpaired) electrons. The van der Waals surface area contributed by atoms with Gasteiger partial charge >= 0.3 is 5.97 Å². The summed E-state index contributed by atoms with van der Waals surface area (Å²) < 4.78 is 21.5. The van der Waals surface area contributed by atoms with E-state index in [1.54, 1.807) is 20.8 Å². The van der Waals surface area contributed by atoms with E-state index in [0.717, 1.165) is 0 Å². The van der Waals surface area contributed by atoms with Gasteiger partial charge in [-0.1, -0.05) is 6.92 Å². The molecule has 7 nitrogen and oxygen atoms in total. The normalized spacial score (nSPS) is 38.3. The molecule has 2 fully saturated rings. The third-order valence-electron chi connectivity index (χ3n) is 3.60. The van der Waals surface area contributed by atoms with E-state index in [2.05, 4.69) is 4.74 Å². The molecule has 2 aliphatic heterocycles. The smallest absolute Gasteiger partial charge is 0.337 e. The molecule has 2 heterocycles. The summed E-state index contributed by atoms with van der Waals surface area (Å²) in [6.45, 7) is 7.14. The summed E-state index contributed by atoms with van der Waals surface area (Å²) in [5, 5.41) is 19.9. The Balaban J connectivity index is 2.00. The van der Waals surface area contributed by atoms with E-state index >= 15 is 0 Å². The summed E-state index contributed by atoms with van der Waals surface area (Å²) in [7, 11) is 0. The Bertz CT molecular complexity index is 370. The number of ether oxygens (including phenoxy) is 4. The van der Waals surface area contributed by atoms with E-state index in [9.17, 15) is 15.0 Å². The highest BCUT2D eigenvalue weighted by Gasteiger charge is 2.55. The van der Waals surface area contributed by atoms with Crippen molar-refractivity contribution in [3.05, 3.63) is 0 Å². The Hall–Kier alpha value is -0.730. The molecule has 0 unspecified atom stereocenters. The fourth-order valence-corrected chi connectivity index (χ4v) is 2.62. The quantitative estimate of drug-likeness (QED) is 0.691. The van der Waals surface area contributed by atoms with Crippen LogP contribution in [0, 0.1) is 5.92 Å². The highest BCUT2D eigenvalue weighted by Crippen LogP contribution is 2.41. The number of carbonyl (C=O) groups is 1. The van der Waals surface area contributed by atoms with Crippen LogP contribution in [0.4, 0.5) is 0 Å². The second-order valence-electron chi connectivity index (χ2n) is 5.62. The zero-order valence-electron chi connectivity index (χ0n) is 12.1. The number of carbonyl (C=O) groups excluding carboxylic acids is 1. The maximum Gasteiger partial charge on any atom is 0.337 e. The lowest BCUT2D eigenvalue weighted by atomic mass is 9.94. The topological polar surface area (TPSA) is 94.5 Å². The fourth-order valence-electron chi connectivity index (χ4n) is 2.62. The van der Waals surface area contributed by atoms with Crippen LogP contribution in [-0.2, 0) is 23.7 Å². The van der Waals surface area contributed by atoms with Gasteiger partial charge in [0.1, 0.15) is 12.2 Å². The molecule has 2 aliphatic rings. The molecule has 0 aromatic rings. The summed E-state index contributed by atoms with van der Waals surface area (Å²) in [6.07, 6.45) is -4.72. The van der Waals surface area contributed by atoms with Crippen LogP contribution in [0.3, 0.4) is 0 Å². The first-order chi connectivity index (χ1) is 9.26. The van der Waals surface area contributed by atoms with E-state index < -0.39 is 36.4 Å².